The summed E-state index contributed by atoms with van der Waals surface area (Å²) in [5, 5.41) is 49.6. The number of anilines is 1. The molecule has 14 heteroatoms. The molecule has 1 spiro atoms. The Morgan fingerprint density at radius 2 is 1.66 bits per heavy atom. The first kappa shape index (κ1) is 35.7. The maximum Gasteiger partial charge on any atom is 0.227 e. The fraction of sp³-hybridized carbons (Fsp3) is 0.667. The summed E-state index contributed by atoms with van der Waals surface area (Å²) in [7, 11) is 0. The van der Waals surface area contributed by atoms with Crippen molar-refractivity contribution < 1.29 is 39.5 Å². The minimum atomic E-state index is -1.66. The Hall–Kier alpha value is -2.65. The molecule has 3 fully saturated rings. The van der Waals surface area contributed by atoms with E-state index in [0.29, 0.717) is 67.3 Å². The number of rotatable bonds is 14. The summed E-state index contributed by atoms with van der Waals surface area (Å²) in [6.45, 7) is 3.36. The van der Waals surface area contributed by atoms with Crippen LogP contribution in [-0.2, 0) is 11.2 Å². The third-order valence-electron chi connectivity index (χ3n) is 10.2. The zero-order valence-corrected chi connectivity index (χ0v) is 27.4. The van der Waals surface area contributed by atoms with E-state index in [0.717, 1.165) is 45.2 Å². The minimum absolute atomic E-state index is 0.0431. The fourth-order valence-corrected chi connectivity index (χ4v) is 7.09. The van der Waals surface area contributed by atoms with Gasteiger partial charge < -0.3 is 40.1 Å². The van der Waals surface area contributed by atoms with E-state index in [-0.39, 0.29) is 24.4 Å². The average molecular weight is 680 g/mol. The summed E-state index contributed by atoms with van der Waals surface area (Å²) in [5.74, 6) is 1.13. The third kappa shape index (κ3) is 8.88. The summed E-state index contributed by atoms with van der Waals surface area (Å²) < 4.78 is 20.8. The van der Waals surface area contributed by atoms with Gasteiger partial charge in [-0.2, -0.15) is 0 Å². The van der Waals surface area contributed by atoms with Crippen molar-refractivity contribution in [2.24, 2.45) is 5.92 Å². The lowest BCUT2D eigenvalue weighted by atomic mass is 9.76. The molecular formula is C33H47ClFN5O7. The summed E-state index contributed by atoms with van der Waals surface area (Å²) in [5.41, 5.74) is 0.108. The number of nitrogens with zero attached hydrogens (tertiary/aromatic N) is 5. The summed E-state index contributed by atoms with van der Waals surface area (Å²) in [6.07, 6.45) is 3.30. The number of likely N-dealkylation sites (tertiary alicyclic amines) is 2. The van der Waals surface area contributed by atoms with Crippen LogP contribution in [0, 0.1) is 11.7 Å². The molecule has 0 saturated carbocycles. The van der Waals surface area contributed by atoms with Crippen LogP contribution < -0.4 is 9.64 Å². The molecule has 12 nitrogen and oxygen atoms in total. The Morgan fingerprint density at radius 1 is 1.00 bits per heavy atom. The van der Waals surface area contributed by atoms with Crippen molar-refractivity contribution in [3.05, 3.63) is 47.0 Å². The van der Waals surface area contributed by atoms with Gasteiger partial charge in [0.25, 0.3) is 0 Å². The van der Waals surface area contributed by atoms with Crippen molar-refractivity contribution in [3.8, 4) is 5.75 Å². The molecule has 5 rings (SSSR count). The average Bonchev–Trinajstić information content (AvgIpc) is 3.09. The van der Waals surface area contributed by atoms with Crippen molar-refractivity contribution in [2.45, 2.75) is 81.3 Å². The van der Waals surface area contributed by atoms with E-state index in [1.54, 1.807) is 29.4 Å². The third-order valence-corrected chi connectivity index (χ3v) is 10.4. The molecule has 3 aliphatic rings. The van der Waals surface area contributed by atoms with Crippen LogP contribution in [0.4, 0.5) is 10.3 Å². The molecule has 0 unspecified atom stereocenters. The smallest absolute Gasteiger partial charge is 0.227 e. The molecule has 1 aromatic carbocycles. The van der Waals surface area contributed by atoms with E-state index >= 15 is 0 Å². The van der Waals surface area contributed by atoms with Gasteiger partial charge >= 0.3 is 0 Å². The first-order valence-corrected chi connectivity index (χ1v) is 17.0. The molecule has 4 atom stereocenters. The number of amides is 1. The van der Waals surface area contributed by atoms with Crippen molar-refractivity contribution in [1.82, 2.24) is 19.8 Å². The minimum Gasteiger partial charge on any atom is -0.493 e. The lowest BCUT2D eigenvalue weighted by Gasteiger charge is -2.57. The predicted molar refractivity (Wildman–Crippen MR) is 173 cm³/mol. The number of halogens is 2. The Bertz CT molecular complexity index is 1310. The number of aromatic nitrogens is 2. The molecule has 260 valence electrons. The summed E-state index contributed by atoms with van der Waals surface area (Å²) in [4.78, 5) is 27.6. The molecule has 5 N–H and O–H groups in total. The number of benzene rings is 1. The van der Waals surface area contributed by atoms with E-state index in [2.05, 4.69) is 14.9 Å². The van der Waals surface area contributed by atoms with Gasteiger partial charge in [0.15, 0.2) is 0 Å². The zero-order chi connectivity index (χ0) is 33.6. The first-order chi connectivity index (χ1) is 22.6. The number of aliphatic hydroxyl groups is 5. The highest BCUT2D eigenvalue weighted by atomic mass is 35.5. The fourth-order valence-electron chi connectivity index (χ4n) is 7.00. The molecule has 4 heterocycles. The van der Waals surface area contributed by atoms with Gasteiger partial charge in [-0.1, -0.05) is 17.7 Å². The Morgan fingerprint density at radius 3 is 2.28 bits per heavy atom. The van der Waals surface area contributed by atoms with E-state index < -0.39 is 36.8 Å². The van der Waals surface area contributed by atoms with Crippen LogP contribution in [0.2, 0.25) is 5.02 Å². The zero-order valence-electron chi connectivity index (χ0n) is 26.6. The summed E-state index contributed by atoms with van der Waals surface area (Å²) >= 11 is 5.89. The van der Waals surface area contributed by atoms with Gasteiger partial charge in [0.2, 0.25) is 11.9 Å². The monoisotopic (exact) mass is 679 g/mol. The van der Waals surface area contributed by atoms with Crippen LogP contribution >= 0.6 is 11.6 Å². The molecular weight excluding hydrogens is 633 g/mol. The van der Waals surface area contributed by atoms with E-state index in [9.17, 15) is 29.6 Å². The van der Waals surface area contributed by atoms with Gasteiger partial charge in [0, 0.05) is 50.9 Å². The second-order valence-electron chi connectivity index (χ2n) is 13.2. The van der Waals surface area contributed by atoms with Crippen molar-refractivity contribution >= 4 is 23.5 Å². The van der Waals surface area contributed by atoms with Gasteiger partial charge in [-0.25, -0.2) is 14.4 Å². The van der Waals surface area contributed by atoms with Crippen LogP contribution in [-0.4, -0.2) is 134 Å². The first-order valence-electron chi connectivity index (χ1n) is 16.6. The number of hydrogen-bond donors (Lipinski definition) is 5. The second kappa shape index (κ2) is 16.2. The highest BCUT2D eigenvalue weighted by Gasteiger charge is 2.48. The molecule has 3 saturated heterocycles. The van der Waals surface area contributed by atoms with Crippen LogP contribution in [0.5, 0.6) is 5.75 Å². The summed E-state index contributed by atoms with van der Waals surface area (Å²) in [6, 6.07) is 4.68. The molecule has 3 aliphatic heterocycles. The lowest BCUT2D eigenvalue weighted by Crippen LogP contribution is -2.66. The van der Waals surface area contributed by atoms with E-state index in [1.165, 1.54) is 6.07 Å². The van der Waals surface area contributed by atoms with E-state index in [1.807, 2.05) is 4.90 Å². The van der Waals surface area contributed by atoms with Crippen molar-refractivity contribution in [2.75, 3.05) is 57.4 Å². The molecule has 47 heavy (non-hydrogen) atoms. The number of carbonyl (C=O) groups is 1. The molecule has 0 bridgehead atoms. The van der Waals surface area contributed by atoms with Gasteiger partial charge in [-0.3, -0.25) is 9.69 Å². The molecule has 2 aromatic rings. The predicted octanol–water partition coefficient (Wildman–Crippen LogP) is 1.39. The number of aliphatic hydroxyl groups excluding tert-OH is 5. The molecule has 1 amide bonds. The van der Waals surface area contributed by atoms with Gasteiger partial charge in [0.1, 0.15) is 29.9 Å². The largest absolute Gasteiger partial charge is 0.493 e. The topological polar surface area (TPSA) is 163 Å². The number of ether oxygens (including phenoxy) is 1. The normalized spacial score (nSPS) is 21.3. The van der Waals surface area contributed by atoms with Crippen LogP contribution in [0.1, 0.15) is 50.5 Å². The number of hydrogen-bond acceptors (Lipinski definition) is 11. The maximum atomic E-state index is 15.0. The van der Waals surface area contributed by atoms with Crippen LogP contribution in [0.3, 0.4) is 0 Å². The maximum absolute atomic E-state index is 15.0. The lowest BCUT2D eigenvalue weighted by molar-refractivity contribution is -0.146. The number of piperidine rings is 2. The molecule has 0 radical (unpaired) electrons. The second-order valence-corrected chi connectivity index (χ2v) is 13.6. The van der Waals surface area contributed by atoms with Crippen LogP contribution in [0.15, 0.2) is 30.6 Å². The Balaban J connectivity index is 0.999. The van der Waals surface area contributed by atoms with Crippen molar-refractivity contribution in [3.63, 3.8) is 0 Å². The highest BCUT2D eigenvalue weighted by molar-refractivity contribution is 6.30. The SMILES string of the molecule is O=C(Cc1ccc(OCCCC2CCN(c3ncc(Cl)cn3)CC2)cc1F)N1CCC2(CC1)CCN2C[C@H](O)[C@@H](O)[C@H](O)[C@H](O)CO. The van der Waals surface area contributed by atoms with Crippen molar-refractivity contribution in [1.29, 1.82) is 0 Å². The molecule has 1 aromatic heterocycles. The van der Waals surface area contributed by atoms with Gasteiger partial charge in [-0.05, 0) is 62.5 Å². The Labute approximate surface area is 279 Å². The number of β-amino-alcohol motifs (C(OH)–C–C–N with tert-alkyl or cyclic N) is 1. The van der Waals surface area contributed by atoms with E-state index in [4.69, 9.17) is 21.4 Å². The standard InChI is InChI=1S/C33H47ClFN5O7/c34-24-18-36-32(37-19-24)39-10-5-22(6-11-39)2-1-15-47-25-4-3-23(26(35)17-25)16-29(44)38-12-7-33(8-13-38)9-14-40(33)20-27(42)30(45)31(46)28(43)21-41/h3-4,17-19,22,27-28,30-31,41-43,45-46H,1-2,5-16,20-21H2/t27-,28+,30+,31+/m0/s1. The van der Waals surface area contributed by atoms with Gasteiger partial charge in [-0.15, -0.1) is 0 Å². The van der Waals surface area contributed by atoms with Gasteiger partial charge in [0.05, 0.1) is 43.2 Å². The quantitative estimate of drug-likeness (QED) is 0.184. The molecule has 0 aliphatic carbocycles. The number of carbonyl (C=O) groups excluding carboxylic acids is 1. The van der Waals surface area contributed by atoms with Crippen LogP contribution in [0.25, 0.3) is 0 Å². The Kier molecular flexibility index (Phi) is 12.3. The highest BCUT2D eigenvalue weighted by Crippen LogP contribution is 2.40.